The number of rotatable bonds is 5. The van der Waals surface area contributed by atoms with E-state index in [4.69, 9.17) is 28.6 Å². The van der Waals surface area contributed by atoms with Crippen LogP contribution in [-0.2, 0) is 0 Å². The number of hydrogen-bond acceptors (Lipinski definition) is 2. The quantitative estimate of drug-likeness (QED) is 0.636. The summed E-state index contributed by atoms with van der Waals surface area (Å²) in [5.74, 6) is 3.60. The van der Waals surface area contributed by atoms with Gasteiger partial charge in [0.25, 0.3) is 0 Å². The first-order valence-corrected chi connectivity index (χ1v) is 10.7. The second-order valence-corrected chi connectivity index (χ2v) is 9.53. The van der Waals surface area contributed by atoms with Crippen LogP contribution in [0.2, 0.25) is 5.02 Å². The summed E-state index contributed by atoms with van der Waals surface area (Å²) >= 11 is 11.8. The van der Waals surface area contributed by atoms with Gasteiger partial charge in [0.15, 0.2) is 5.11 Å². The summed E-state index contributed by atoms with van der Waals surface area (Å²) < 4.78 is 5.42. The van der Waals surface area contributed by atoms with E-state index in [2.05, 4.69) is 17.6 Å². The van der Waals surface area contributed by atoms with Gasteiger partial charge in [0.2, 0.25) is 0 Å². The first-order valence-electron chi connectivity index (χ1n) is 9.92. The van der Waals surface area contributed by atoms with Crippen molar-refractivity contribution in [3.63, 3.8) is 0 Å². The van der Waals surface area contributed by atoms with Crippen molar-refractivity contribution >= 4 is 34.6 Å². The molecule has 1 aromatic rings. The summed E-state index contributed by atoms with van der Waals surface area (Å²) in [5, 5.41) is 8.32. The van der Waals surface area contributed by atoms with Crippen LogP contribution in [0.25, 0.3) is 0 Å². The monoisotopic (exact) mass is 392 g/mol. The molecule has 0 saturated heterocycles. The number of benzene rings is 1. The van der Waals surface area contributed by atoms with Crippen molar-refractivity contribution in [1.29, 1.82) is 0 Å². The standard InChI is InChI=1S/C21H29ClN2OS/c1-3-19(21-10-13-6-14(11-21)8-15(7-13)12-21)24-20(26)23-17-9-16(22)4-5-18(17)25-2/h4-5,9,13-15,19H,3,6-8,10-12H2,1-2H3,(H2,23,24,26). The zero-order valence-corrected chi connectivity index (χ0v) is 17.3. The molecule has 142 valence electrons. The third kappa shape index (κ3) is 3.43. The van der Waals surface area contributed by atoms with Gasteiger partial charge in [-0.25, -0.2) is 0 Å². The van der Waals surface area contributed by atoms with Gasteiger partial charge in [0.1, 0.15) is 5.75 Å². The molecule has 5 rings (SSSR count). The van der Waals surface area contributed by atoms with Crippen molar-refractivity contribution in [3.05, 3.63) is 23.2 Å². The minimum atomic E-state index is 0.438. The highest BCUT2D eigenvalue weighted by Crippen LogP contribution is 2.61. The van der Waals surface area contributed by atoms with Crippen LogP contribution >= 0.6 is 23.8 Å². The van der Waals surface area contributed by atoms with Gasteiger partial charge in [-0.1, -0.05) is 18.5 Å². The van der Waals surface area contributed by atoms with Gasteiger partial charge in [-0.2, -0.15) is 0 Å². The lowest BCUT2D eigenvalue weighted by atomic mass is 9.47. The topological polar surface area (TPSA) is 33.3 Å². The minimum Gasteiger partial charge on any atom is -0.495 e. The zero-order chi connectivity index (χ0) is 18.3. The first-order chi connectivity index (χ1) is 12.5. The molecule has 0 amide bonds. The highest BCUT2D eigenvalue weighted by molar-refractivity contribution is 7.80. The molecule has 0 aromatic heterocycles. The molecule has 4 bridgehead atoms. The number of nitrogens with one attached hydrogen (secondary N) is 2. The Morgan fingerprint density at radius 3 is 2.38 bits per heavy atom. The van der Waals surface area contributed by atoms with Crippen LogP contribution in [0.4, 0.5) is 5.69 Å². The van der Waals surface area contributed by atoms with Crippen molar-refractivity contribution in [2.24, 2.45) is 23.2 Å². The first kappa shape index (κ1) is 18.4. The molecule has 3 nitrogen and oxygen atoms in total. The van der Waals surface area contributed by atoms with Crippen LogP contribution in [0.3, 0.4) is 0 Å². The predicted molar refractivity (Wildman–Crippen MR) is 112 cm³/mol. The number of anilines is 1. The van der Waals surface area contributed by atoms with Gasteiger partial charge in [-0.15, -0.1) is 0 Å². The van der Waals surface area contributed by atoms with Gasteiger partial charge in [0, 0.05) is 11.1 Å². The minimum absolute atomic E-state index is 0.438. The van der Waals surface area contributed by atoms with Crippen molar-refractivity contribution in [2.45, 2.75) is 57.9 Å². The maximum Gasteiger partial charge on any atom is 0.171 e. The van der Waals surface area contributed by atoms with Crippen LogP contribution in [0.5, 0.6) is 5.75 Å². The van der Waals surface area contributed by atoms with E-state index in [-0.39, 0.29) is 0 Å². The lowest BCUT2D eigenvalue weighted by Crippen LogP contribution is -2.57. The van der Waals surface area contributed by atoms with E-state index in [1.807, 2.05) is 18.2 Å². The fourth-order valence-corrected chi connectivity index (χ4v) is 6.81. The maximum atomic E-state index is 6.14. The van der Waals surface area contributed by atoms with E-state index in [0.29, 0.717) is 21.6 Å². The molecular weight excluding hydrogens is 364 g/mol. The molecule has 4 aliphatic carbocycles. The molecule has 2 N–H and O–H groups in total. The molecule has 4 saturated carbocycles. The maximum absolute atomic E-state index is 6.14. The Balaban J connectivity index is 1.47. The van der Waals surface area contributed by atoms with Crippen LogP contribution in [0.15, 0.2) is 18.2 Å². The third-order valence-corrected chi connectivity index (χ3v) is 7.40. The molecule has 0 aliphatic heterocycles. The van der Waals surface area contributed by atoms with Gasteiger partial charge in [-0.3, -0.25) is 0 Å². The SMILES string of the molecule is CCC(NC(=S)Nc1cc(Cl)ccc1OC)C12CC3CC(CC(C3)C1)C2. The summed E-state index contributed by atoms with van der Waals surface area (Å²) in [4.78, 5) is 0. The van der Waals surface area contributed by atoms with Gasteiger partial charge in [0.05, 0.1) is 12.8 Å². The van der Waals surface area contributed by atoms with Crippen LogP contribution in [-0.4, -0.2) is 18.3 Å². The Bertz CT molecular complexity index is 657. The lowest BCUT2D eigenvalue weighted by molar-refractivity contribution is -0.0709. The van der Waals surface area contributed by atoms with Crippen LogP contribution in [0, 0.1) is 23.2 Å². The second-order valence-electron chi connectivity index (χ2n) is 8.68. The molecule has 4 aliphatic rings. The molecule has 1 aromatic carbocycles. The third-order valence-electron chi connectivity index (χ3n) is 6.95. The molecule has 26 heavy (non-hydrogen) atoms. The highest BCUT2D eigenvalue weighted by Gasteiger charge is 2.53. The summed E-state index contributed by atoms with van der Waals surface area (Å²) in [6, 6.07) is 6.00. The number of methoxy groups -OCH3 is 1. The Morgan fingerprint density at radius 2 is 1.85 bits per heavy atom. The van der Waals surface area contributed by atoms with Crippen molar-refractivity contribution in [1.82, 2.24) is 5.32 Å². The van der Waals surface area contributed by atoms with Gasteiger partial charge in [-0.05, 0) is 98.5 Å². The molecule has 5 heteroatoms. The molecule has 4 fully saturated rings. The van der Waals surface area contributed by atoms with E-state index in [9.17, 15) is 0 Å². The number of ether oxygens (including phenoxy) is 1. The Labute approximate surface area is 167 Å². The Morgan fingerprint density at radius 1 is 1.23 bits per heavy atom. The number of halogens is 1. The summed E-state index contributed by atoms with van der Waals surface area (Å²) in [7, 11) is 1.66. The average molecular weight is 393 g/mol. The van der Waals surface area contributed by atoms with E-state index in [0.717, 1.165) is 35.6 Å². The van der Waals surface area contributed by atoms with Crippen molar-refractivity contribution < 1.29 is 4.74 Å². The van der Waals surface area contributed by atoms with E-state index in [1.54, 1.807) is 7.11 Å². The molecular formula is C21H29ClN2OS. The van der Waals surface area contributed by atoms with Gasteiger partial charge < -0.3 is 15.4 Å². The average Bonchev–Trinajstić information content (AvgIpc) is 2.58. The fourth-order valence-electron chi connectivity index (χ4n) is 6.39. The van der Waals surface area contributed by atoms with Crippen LogP contribution < -0.4 is 15.4 Å². The highest BCUT2D eigenvalue weighted by atomic mass is 35.5. The molecule has 0 heterocycles. The molecule has 1 unspecified atom stereocenters. The van der Waals surface area contributed by atoms with E-state index in [1.165, 1.54) is 38.5 Å². The molecule has 0 spiro atoms. The van der Waals surface area contributed by atoms with Crippen molar-refractivity contribution in [3.8, 4) is 5.75 Å². The largest absolute Gasteiger partial charge is 0.495 e. The van der Waals surface area contributed by atoms with E-state index >= 15 is 0 Å². The molecule has 1 atom stereocenters. The zero-order valence-electron chi connectivity index (χ0n) is 15.7. The predicted octanol–water partition coefficient (Wildman–Crippen LogP) is 5.63. The second kappa shape index (κ2) is 7.20. The summed E-state index contributed by atoms with van der Waals surface area (Å²) in [5.41, 5.74) is 1.26. The Kier molecular flexibility index (Phi) is 5.08. The lowest BCUT2D eigenvalue weighted by Gasteiger charge is -2.59. The summed E-state index contributed by atoms with van der Waals surface area (Å²) in [6.07, 6.45) is 9.67. The normalized spacial score (nSPS) is 33.0. The summed E-state index contributed by atoms with van der Waals surface area (Å²) in [6.45, 7) is 2.29. The number of thiocarbonyl (C=S) groups is 1. The van der Waals surface area contributed by atoms with E-state index < -0.39 is 0 Å². The smallest absolute Gasteiger partial charge is 0.171 e. The fraction of sp³-hybridized carbons (Fsp3) is 0.667. The van der Waals surface area contributed by atoms with Crippen molar-refractivity contribution in [2.75, 3.05) is 12.4 Å². The number of hydrogen-bond donors (Lipinski definition) is 2. The molecule has 0 radical (unpaired) electrons. The Hall–Kier alpha value is -1.00. The van der Waals surface area contributed by atoms with Gasteiger partial charge >= 0.3 is 0 Å². The van der Waals surface area contributed by atoms with Crippen LogP contribution in [0.1, 0.15) is 51.9 Å².